The summed E-state index contributed by atoms with van der Waals surface area (Å²) in [5.74, 6) is -0.227. The van der Waals surface area contributed by atoms with E-state index in [4.69, 9.17) is 4.74 Å². The molecule has 1 fully saturated rings. The predicted molar refractivity (Wildman–Crippen MR) is 79.7 cm³/mol. The normalized spacial score (nSPS) is 19.2. The number of likely N-dealkylation sites (N-methyl/N-ethyl adjacent to an activating group) is 1. The molecule has 1 saturated heterocycles. The van der Waals surface area contributed by atoms with Gasteiger partial charge in [-0.1, -0.05) is 0 Å². The van der Waals surface area contributed by atoms with E-state index < -0.39 is 10.0 Å². The van der Waals surface area contributed by atoms with Gasteiger partial charge in [0.15, 0.2) is 0 Å². The first-order valence-corrected chi connectivity index (χ1v) is 8.84. The lowest BCUT2D eigenvalue weighted by atomic mass is 10.1. The molecule has 0 radical (unpaired) electrons. The molecule has 22 heavy (non-hydrogen) atoms. The third-order valence-corrected chi connectivity index (χ3v) is 4.73. The lowest BCUT2D eigenvalue weighted by Gasteiger charge is -2.33. The van der Waals surface area contributed by atoms with Crippen molar-refractivity contribution >= 4 is 15.9 Å². The van der Waals surface area contributed by atoms with Crippen LogP contribution in [-0.2, 0) is 14.8 Å². The van der Waals surface area contributed by atoms with Gasteiger partial charge < -0.3 is 9.64 Å². The summed E-state index contributed by atoms with van der Waals surface area (Å²) < 4.78 is 29.4. The SMILES string of the molecule is CN(CC(=O)N1CCCC(Oc2ncccn2)C1)S(C)(=O)=O. The van der Waals surface area contributed by atoms with Crippen molar-refractivity contribution in [2.45, 2.75) is 18.9 Å². The van der Waals surface area contributed by atoms with Gasteiger partial charge in [0.2, 0.25) is 15.9 Å². The number of aromatic nitrogens is 2. The van der Waals surface area contributed by atoms with Crippen LogP contribution in [-0.4, -0.2) is 72.5 Å². The number of carbonyl (C=O) groups is 1. The number of amides is 1. The van der Waals surface area contributed by atoms with Crippen molar-refractivity contribution in [3.8, 4) is 6.01 Å². The van der Waals surface area contributed by atoms with Crippen molar-refractivity contribution in [3.63, 3.8) is 0 Å². The van der Waals surface area contributed by atoms with Crippen LogP contribution in [0.1, 0.15) is 12.8 Å². The number of ether oxygens (including phenoxy) is 1. The second-order valence-corrected chi connectivity index (χ2v) is 7.36. The highest BCUT2D eigenvalue weighted by atomic mass is 32.2. The Bertz CT molecular complexity index is 608. The van der Waals surface area contributed by atoms with Gasteiger partial charge in [-0.05, 0) is 18.9 Å². The fourth-order valence-corrected chi connectivity index (χ4v) is 2.51. The summed E-state index contributed by atoms with van der Waals surface area (Å²) in [4.78, 5) is 21.8. The highest BCUT2D eigenvalue weighted by Crippen LogP contribution is 2.15. The van der Waals surface area contributed by atoms with E-state index in [1.165, 1.54) is 7.05 Å². The van der Waals surface area contributed by atoms with Gasteiger partial charge in [0, 0.05) is 26.0 Å². The van der Waals surface area contributed by atoms with Gasteiger partial charge in [-0.25, -0.2) is 18.4 Å². The standard InChI is InChI=1S/C13H20N4O4S/c1-16(22(2,19)20)10-12(18)17-8-3-5-11(9-17)21-13-14-6-4-7-15-13/h4,6-7,11H,3,5,8-10H2,1-2H3. The third kappa shape index (κ3) is 4.63. The average Bonchev–Trinajstić information content (AvgIpc) is 2.47. The average molecular weight is 328 g/mol. The minimum atomic E-state index is -3.36. The Morgan fingerprint density at radius 3 is 2.77 bits per heavy atom. The van der Waals surface area contributed by atoms with E-state index in [0.29, 0.717) is 13.1 Å². The van der Waals surface area contributed by atoms with Gasteiger partial charge in [-0.3, -0.25) is 4.79 Å². The van der Waals surface area contributed by atoms with Crippen LogP contribution in [0.25, 0.3) is 0 Å². The summed E-state index contributed by atoms with van der Waals surface area (Å²) in [6, 6.07) is 1.99. The number of piperidine rings is 1. The molecule has 1 atom stereocenters. The van der Waals surface area contributed by atoms with Crippen LogP contribution in [0.4, 0.5) is 0 Å². The van der Waals surface area contributed by atoms with Crippen LogP contribution >= 0.6 is 0 Å². The Kier molecular flexibility index (Phi) is 5.30. The number of rotatable bonds is 5. The molecule has 1 aromatic rings. The first kappa shape index (κ1) is 16.6. The first-order chi connectivity index (χ1) is 10.4. The molecular weight excluding hydrogens is 308 g/mol. The topological polar surface area (TPSA) is 92.7 Å². The van der Waals surface area contributed by atoms with Crippen LogP contribution < -0.4 is 4.74 Å². The molecule has 1 aliphatic heterocycles. The molecule has 1 aromatic heterocycles. The van der Waals surface area contributed by atoms with Gasteiger partial charge in [-0.15, -0.1) is 0 Å². The van der Waals surface area contributed by atoms with Gasteiger partial charge >= 0.3 is 6.01 Å². The van der Waals surface area contributed by atoms with Crippen LogP contribution in [0.2, 0.25) is 0 Å². The van der Waals surface area contributed by atoms with Gasteiger partial charge in [0.1, 0.15) is 6.10 Å². The minimum Gasteiger partial charge on any atom is -0.458 e. The summed E-state index contributed by atoms with van der Waals surface area (Å²) in [7, 11) is -1.97. The van der Waals surface area contributed by atoms with Crippen LogP contribution in [0.15, 0.2) is 18.5 Å². The Labute approximate surface area is 130 Å². The highest BCUT2D eigenvalue weighted by molar-refractivity contribution is 7.88. The number of hydrogen-bond acceptors (Lipinski definition) is 6. The van der Waals surface area contributed by atoms with Crippen molar-refractivity contribution in [1.29, 1.82) is 0 Å². The molecule has 2 rings (SSSR count). The van der Waals surface area contributed by atoms with Gasteiger partial charge in [-0.2, -0.15) is 4.31 Å². The van der Waals surface area contributed by atoms with Gasteiger partial charge in [0.25, 0.3) is 0 Å². The maximum absolute atomic E-state index is 12.2. The van der Waals surface area contributed by atoms with E-state index in [1.54, 1.807) is 23.4 Å². The summed E-state index contributed by atoms with van der Waals surface area (Å²) in [5.41, 5.74) is 0. The quantitative estimate of drug-likeness (QED) is 0.739. The third-order valence-electron chi connectivity index (χ3n) is 3.47. The lowest BCUT2D eigenvalue weighted by molar-refractivity contribution is -0.133. The number of likely N-dealkylation sites (tertiary alicyclic amines) is 1. The first-order valence-electron chi connectivity index (χ1n) is 6.99. The molecule has 0 aliphatic carbocycles. The fourth-order valence-electron chi connectivity index (χ4n) is 2.16. The Balaban J connectivity index is 1.91. The van der Waals surface area contributed by atoms with Crippen molar-refractivity contribution in [2.24, 2.45) is 0 Å². The molecule has 0 spiro atoms. The summed E-state index contributed by atoms with van der Waals surface area (Å²) in [6.45, 7) is 0.855. The largest absolute Gasteiger partial charge is 0.458 e. The zero-order chi connectivity index (χ0) is 16.2. The van der Waals surface area contributed by atoms with E-state index in [-0.39, 0.29) is 24.6 Å². The van der Waals surface area contributed by atoms with Crippen LogP contribution in [0.3, 0.4) is 0 Å². The number of sulfonamides is 1. The molecular formula is C13H20N4O4S. The molecule has 0 N–H and O–H groups in total. The Hall–Kier alpha value is -1.74. The van der Waals surface area contributed by atoms with Crippen molar-refractivity contribution in [2.75, 3.05) is 32.9 Å². The molecule has 0 saturated carbocycles. The molecule has 0 bridgehead atoms. The second kappa shape index (κ2) is 7.01. The number of nitrogens with zero attached hydrogens (tertiary/aromatic N) is 4. The van der Waals surface area contributed by atoms with Crippen molar-refractivity contribution in [1.82, 2.24) is 19.2 Å². The number of hydrogen-bond donors (Lipinski definition) is 0. The van der Waals surface area contributed by atoms with E-state index in [2.05, 4.69) is 9.97 Å². The summed E-state index contributed by atoms with van der Waals surface area (Å²) >= 11 is 0. The zero-order valence-electron chi connectivity index (χ0n) is 12.7. The molecule has 1 aliphatic rings. The zero-order valence-corrected chi connectivity index (χ0v) is 13.5. The van der Waals surface area contributed by atoms with Gasteiger partial charge in [0.05, 0.1) is 19.3 Å². The molecule has 0 aromatic carbocycles. The monoisotopic (exact) mass is 328 g/mol. The molecule has 1 unspecified atom stereocenters. The van der Waals surface area contributed by atoms with Crippen molar-refractivity contribution < 1.29 is 17.9 Å². The van der Waals surface area contributed by atoms with E-state index in [0.717, 1.165) is 23.4 Å². The molecule has 8 nitrogen and oxygen atoms in total. The fraction of sp³-hybridized carbons (Fsp3) is 0.615. The minimum absolute atomic E-state index is 0.159. The number of carbonyl (C=O) groups excluding carboxylic acids is 1. The molecule has 1 amide bonds. The van der Waals surface area contributed by atoms with E-state index in [1.807, 2.05) is 0 Å². The lowest BCUT2D eigenvalue weighted by Crippen LogP contribution is -2.48. The highest BCUT2D eigenvalue weighted by Gasteiger charge is 2.27. The second-order valence-electron chi connectivity index (χ2n) is 5.27. The molecule has 2 heterocycles. The predicted octanol–water partition coefficient (Wildman–Crippen LogP) is -0.262. The molecule has 9 heteroatoms. The maximum atomic E-state index is 12.2. The smallest absolute Gasteiger partial charge is 0.316 e. The molecule has 122 valence electrons. The maximum Gasteiger partial charge on any atom is 0.316 e. The van der Waals surface area contributed by atoms with E-state index in [9.17, 15) is 13.2 Å². The summed E-state index contributed by atoms with van der Waals surface area (Å²) in [6.07, 6.45) is 5.69. The summed E-state index contributed by atoms with van der Waals surface area (Å²) in [5, 5.41) is 0. The van der Waals surface area contributed by atoms with E-state index >= 15 is 0 Å². The van der Waals surface area contributed by atoms with Crippen molar-refractivity contribution in [3.05, 3.63) is 18.5 Å². The van der Waals surface area contributed by atoms with Crippen LogP contribution in [0, 0.1) is 0 Å². The Morgan fingerprint density at radius 2 is 2.14 bits per heavy atom. The Morgan fingerprint density at radius 1 is 1.45 bits per heavy atom. The van der Waals surface area contributed by atoms with Crippen LogP contribution in [0.5, 0.6) is 6.01 Å².